The van der Waals surface area contributed by atoms with Crippen LogP contribution >= 0.6 is 15.9 Å². The molecule has 3 N–H and O–H groups in total. The molecule has 2 rings (SSSR count). The predicted molar refractivity (Wildman–Crippen MR) is 80.7 cm³/mol. The number of anilines is 1. The summed E-state index contributed by atoms with van der Waals surface area (Å²) in [5.74, 6) is -0.272. The van der Waals surface area contributed by atoms with E-state index in [1.165, 1.54) is 11.6 Å². The summed E-state index contributed by atoms with van der Waals surface area (Å²) in [6.07, 6.45) is 0. The quantitative estimate of drug-likeness (QED) is 0.892. The molecule has 0 fully saturated rings. The Bertz CT molecular complexity index is 572. The third-order valence-corrected chi connectivity index (χ3v) is 3.67. The van der Waals surface area contributed by atoms with Crippen LogP contribution in [-0.4, -0.2) is 6.54 Å². The van der Waals surface area contributed by atoms with Gasteiger partial charge in [-0.1, -0.05) is 24.3 Å². The molecule has 2 aromatic carbocycles. The summed E-state index contributed by atoms with van der Waals surface area (Å²) in [7, 11) is 0. The molecule has 0 bridgehead atoms. The summed E-state index contributed by atoms with van der Waals surface area (Å²) >= 11 is 3.18. The van der Waals surface area contributed by atoms with Gasteiger partial charge in [-0.3, -0.25) is 0 Å². The highest BCUT2D eigenvalue weighted by Crippen LogP contribution is 2.25. The first kappa shape index (κ1) is 14.0. The van der Waals surface area contributed by atoms with Gasteiger partial charge in [0.2, 0.25) is 0 Å². The minimum absolute atomic E-state index is 0.0126. The molecule has 0 aliphatic carbocycles. The Hall–Kier alpha value is -1.39. The third-order valence-electron chi connectivity index (χ3n) is 3.06. The molecule has 0 saturated heterocycles. The number of aryl methyl sites for hydroxylation is 1. The van der Waals surface area contributed by atoms with Gasteiger partial charge in [0.25, 0.3) is 0 Å². The van der Waals surface area contributed by atoms with Gasteiger partial charge in [-0.05, 0) is 52.2 Å². The minimum atomic E-state index is -0.272. The molecule has 100 valence electrons. The van der Waals surface area contributed by atoms with Gasteiger partial charge >= 0.3 is 0 Å². The fourth-order valence-electron chi connectivity index (χ4n) is 2.03. The van der Waals surface area contributed by atoms with Gasteiger partial charge in [-0.2, -0.15) is 0 Å². The second kappa shape index (κ2) is 6.17. The molecular formula is C15H16BrFN2. The summed E-state index contributed by atoms with van der Waals surface area (Å²) in [6.45, 7) is 2.53. The summed E-state index contributed by atoms with van der Waals surface area (Å²) in [5.41, 5.74) is 9.03. The van der Waals surface area contributed by atoms with E-state index in [-0.39, 0.29) is 11.9 Å². The number of nitrogens with two attached hydrogens (primary N) is 1. The molecule has 4 heteroatoms. The Kier molecular flexibility index (Phi) is 4.56. The maximum absolute atomic E-state index is 13.2. The molecule has 1 unspecified atom stereocenters. The van der Waals surface area contributed by atoms with E-state index in [4.69, 9.17) is 5.73 Å². The zero-order valence-corrected chi connectivity index (χ0v) is 12.2. The van der Waals surface area contributed by atoms with Crippen LogP contribution in [0.3, 0.4) is 0 Å². The van der Waals surface area contributed by atoms with Gasteiger partial charge in [0.15, 0.2) is 0 Å². The van der Waals surface area contributed by atoms with Crippen LogP contribution in [0.2, 0.25) is 0 Å². The number of hydrogen-bond donors (Lipinski definition) is 2. The summed E-state index contributed by atoms with van der Waals surface area (Å²) < 4.78 is 13.6. The Morgan fingerprint density at radius 2 is 2.00 bits per heavy atom. The van der Waals surface area contributed by atoms with Crippen molar-refractivity contribution in [3.05, 3.63) is 63.9 Å². The monoisotopic (exact) mass is 322 g/mol. The highest BCUT2D eigenvalue weighted by molar-refractivity contribution is 9.10. The van der Waals surface area contributed by atoms with Crippen molar-refractivity contribution in [1.82, 2.24) is 0 Å². The highest BCUT2D eigenvalue weighted by atomic mass is 79.9. The molecule has 0 spiro atoms. The van der Waals surface area contributed by atoms with Gasteiger partial charge in [0, 0.05) is 12.2 Å². The van der Waals surface area contributed by atoms with Gasteiger partial charge in [-0.15, -0.1) is 0 Å². The number of benzene rings is 2. The van der Waals surface area contributed by atoms with Gasteiger partial charge in [-0.25, -0.2) is 4.39 Å². The Balaban J connectivity index is 2.24. The second-order valence-electron chi connectivity index (χ2n) is 4.42. The third kappa shape index (κ3) is 3.33. The SMILES string of the molecule is Cc1ccccc1C(CN)Nc1ccc(F)c(Br)c1. The molecule has 2 aromatic rings. The molecule has 0 aromatic heterocycles. The van der Waals surface area contributed by atoms with Gasteiger partial charge in [0.1, 0.15) is 5.82 Å². The lowest BCUT2D eigenvalue weighted by atomic mass is 10.0. The molecule has 0 aliphatic rings. The van der Waals surface area contributed by atoms with Crippen molar-refractivity contribution in [2.75, 3.05) is 11.9 Å². The first-order valence-electron chi connectivity index (χ1n) is 6.09. The van der Waals surface area contributed by atoms with Crippen LogP contribution in [0.15, 0.2) is 46.9 Å². The first-order chi connectivity index (χ1) is 9.11. The van der Waals surface area contributed by atoms with Crippen molar-refractivity contribution in [3.63, 3.8) is 0 Å². The van der Waals surface area contributed by atoms with Crippen molar-refractivity contribution in [1.29, 1.82) is 0 Å². The van der Waals surface area contributed by atoms with E-state index in [0.717, 1.165) is 11.3 Å². The molecule has 2 nitrogen and oxygen atoms in total. The minimum Gasteiger partial charge on any atom is -0.377 e. The average Bonchev–Trinajstić information content (AvgIpc) is 2.41. The number of rotatable bonds is 4. The lowest BCUT2D eigenvalue weighted by molar-refractivity contribution is 0.621. The van der Waals surface area contributed by atoms with E-state index < -0.39 is 0 Å². The van der Waals surface area contributed by atoms with E-state index in [2.05, 4.69) is 40.3 Å². The number of nitrogens with one attached hydrogen (secondary N) is 1. The summed E-state index contributed by atoms with van der Waals surface area (Å²) in [6, 6.07) is 13.0. The van der Waals surface area contributed by atoms with Crippen molar-refractivity contribution in [2.24, 2.45) is 5.73 Å². The largest absolute Gasteiger partial charge is 0.377 e. The van der Waals surface area contributed by atoms with E-state index in [1.54, 1.807) is 12.1 Å². The van der Waals surface area contributed by atoms with Crippen molar-refractivity contribution >= 4 is 21.6 Å². The first-order valence-corrected chi connectivity index (χ1v) is 6.88. The Labute approximate surface area is 121 Å². The molecule has 0 amide bonds. The smallest absolute Gasteiger partial charge is 0.137 e. The molecule has 19 heavy (non-hydrogen) atoms. The van der Waals surface area contributed by atoms with Crippen LogP contribution in [0, 0.1) is 12.7 Å². The Morgan fingerprint density at radius 1 is 1.26 bits per heavy atom. The highest BCUT2D eigenvalue weighted by Gasteiger charge is 2.12. The molecule has 0 saturated carbocycles. The molecule has 0 heterocycles. The fraction of sp³-hybridized carbons (Fsp3) is 0.200. The van der Waals surface area contributed by atoms with Crippen LogP contribution in [0.1, 0.15) is 17.2 Å². The van der Waals surface area contributed by atoms with Crippen LogP contribution in [-0.2, 0) is 0 Å². The van der Waals surface area contributed by atoms with Crippen molar-refractivity contribution < 1.29 is 4.39 Å². The topological polar surface area (TPSA) is 38.0 Å². The number of halogens is 2. The lowest BCUT2D eigenvalue weighted by Gasteiger charge is -2.20. The standard InChI is InChI=1S/C15H16BrFN2/c1-10-4-2-3-5-12(10)15(9-18)19-11-6-7-14(17)13(16)8-11/h2-8,15,19H,9,18H2,1H3. The van der Waals surface area contributed by atoms with Crippen molar-refractivity contribution in [2.45, 2.75) is 13.0 Å². The van der Waals surface area contributed by atoms with Gasteiger partial charge < -0.3 is 11.1 Å². The predicted octanol–water partition coefficient (Wildman–Crippen LogP) is 4.01. The maximum Gasteiger partial charge on any atom is 0.137 e. The normalized spacial score (nSPS) is 12.2. The van der Waals surface area contributed by atoms with Crippen molar-refractivity contribution in [3.8, 4) is 0 Å². The summed E-state index contributed by atoms with van der Waals surface area (Å²) in [5, 5.41) is 3.33. The van der Waals surface area contributed by atoms with E-state index >= 15 is 0 Å². The lowest BCUT2D eigenvalue weighted by Crippen LogP contribution is -2.21. The zero-order valence-electron chi connectivity index (χ0n) is 10.7. The second-order valence-corrected chi connectivity index (χ2v) is 5.27. The van der Waals surface area contributed by atoms with Crippen LogP contribution in [0.25, 0.3) is 0 Å². The Morgan fingerprint density at radius 3 is 2.63 bits per heavy atom. The zero-order chi connectivity index (χ0) is 13.8. The average molecular weight is 323 g/mol. The fourth-order valence-corrected chi connectivity index (χ4v) is 2.41. The van der Waals surface area contributed by atoms with Gasteiger partial charge in [0.05, 0.1) is 10.5 Å². The van der Waals surface area contributed by atoms with Crippen LogP contribution in [0.5, 0.6) is 0 Å². The molecular weight excluding hydrogens is 307 g/mol. The molecule has 1 atom stereocenters. The number of hydrogen-bond acceptors (Lipinski definition) is 2. The molecule has 0 aliphatic heterocycles. The maximum atomic E-state index is 13.2. The van der Waals surface area contributed by atoms with Crippen LogP contribution in [0.4, 0.5) is 10.1 Å². The molecule has 0 radical (unpaired) electrons. The van der Waals surface area contributed by atoms with E-state index in [9.17, 15) is 4.39 Å². The van der Waals surface area contributed by atoms with E-state index in [1.807, 2.05) is 12.1 Å². The van der Waals surface area contributed by atoms with E-state index in [0.29, 0.717) is 11.0 Å². The summed E-state index contributed by atoms with van der Waals surface area (Å²) in [4.78, 5) is 0. The van der Waals surface area contributed by atoms with Crippen LogP contribution < -0.4 is 11.1 Å².